The maximum absolute atomic E-state index is 12.7. The van der Waals surface area contributed by atoms with Crippen LogP contribution in [0.3, 0.4) is 0 Å². The number of carbonyl (C=O) groups excluding carboxylic acids is 3. The molecule has 0 aliphatic rings. The molecule has 1 unspecified atom stereocenters. The van der Waals surface area contributed by atoms with Gasteiger partial charge >= 0.3 is 17.9 Å². The van der Waals surface area contributed by atoms with E-state index in [0.29, 0.717) is 19.3 Å². The van der Waals surface area contributed by atoms with Gasteiger partial charge in [-0.05, 0) is 31.1 Å². The van der Waals surface area contributed by atoms with E-state index in [4.69, 9.17) is 14.2 Å². The number of unbranched alkanes of at least 4 members (excludes halogenated alkanes) is 24. The zero-order valence-electron chi connectivity index (χ0n) is 35.4. The molecule has 2 atom stereocenters. The van der Waals surface area contributed by atoms with E-state index in [1.54, 1.807) is 0 Å². The summed E-state index contributed by atoms with van der Waals surface area (Å²) in [5.41, 5.74) is 0. The van der Waals surface area contributed by atoms with Crippen LogP contribution in [0.4, 0.5) is 0 Å². The van der Waals surface area contributed by atoms with Gasteiger partial charge in [-0.3, -0.25) is 14.4 Å². The topological polar surface area (TPSA) is 78.9 Å². The van der Waals surface area contributed by atoms with E-state index in [-0.39, 0.29) is 31.1 Å². The molecule has 0 saturated carbocycles. The van der Waals surface area contributed by atoms with Crippen molar-refractivity contribution >= 4 is 17.9 Å². The predicted octanol–water partition coefficient (Wildman–Crippen LogP) is 14.2. The highest BCUT2D eigenvalue weighted by Crippen LogP contribution is 2.17. The van der Waals surface area contributed by atoms with Gasteiger partial charge < -0.3 is 14.2 Å². The minimum absolute atomic E-state index is 0.0654. The van der Waals surface area contributed by atoms with Gasteiger partial charge in [0, 0.05) is 19.3 Å². The zero-order valence-corrected chi connectivity index (χ0v) is 35.4. The average molecular weight is 737 g/mol. The largest absolute Gasteiger partial charge is 0.462 e. The Morgan fingerprint density at radius 1 is 0.404 bits per heavy atom. The van der Waals surface area contributed by atoms with Gasteiger partial charge in [0.05, 0.1) is 0 Å². The maximum Gasteiger partial charge on any atom is 0.306 e. The highest BCUT2D eigenvalue weighted by Gasteiger charge is 2.19. The van der Waals surface area contributed by atoms with Crippen LogP contribution in [0.1, 0.15) is 247 Å². The van der Waals surface area contributed by atoms with Crippen molar-refractivity contribution in [2.75, 3.05) is 13.2 Å². The molecule has 0 aromatic carbocycles. The molecule has 0 bridgehead atoms. The third kappa shape index (κ3) is 38.1. The molecule has 0 aromatic heterocycles. The monoisotopic (exact) mass is 737 g/mol. The van der Waals surface area contributed by atoms with Crippen molar-refractivity contribution in [1.29, 1.82) is 0 Å². The molecule has 52 heavy (non-hydrogen) atoms. The summed E-state index contributed by atoms with van der Waals surface area (Å²) in [6, 6.07) is 0. The summed E-state index contributed by atoms with van der Waals surface area (Å²) in [4.78, 5) is 37.6. The van der Waals surface area contributed by atoms with Crippen LogP contribution < -0.4 is 0 Å². The van der Waals surface area contributed by atoms with E-state index in [1.165, 1.54) is 135 Å². The molecule has 0 saturated heterocycles. The average Bonchev–Trinajstić information content (AvgIpc) is 3.12. The molecule has 6 nitrogen and oxygen atoms in total. The fraction of sp³-hybridized carbons (Fsp3) is 0.935. The molecule has 0 spiro atoms. The van der Waals surface area contributed by atoms with Crippen molar-refractivity contribution in [3.05, 3.63) is 0 Å². The Morgan fingerprint density at radius 3 is 1.10 bits per heavy atom. The second-order valence-electron chi connectivity index (χ2n) is 16.4. The molecule has 0 aliphatic heterocycles. The predicted molar refractivity (Wildman–Crippen MR) is 220 cm³/mol. The second-order valence-corrected chi connectivity index (χ2v) is 16.4. The van der Waals surface area contributed by atoms with Crippen molar-refractivity contribution in [2.24, 2.45) is 11.8 Å². The molecule has 0 radical (unpaired) electrons. The number of hydrogen-bond donors (Lipinski definition) is 0. The van der Waals surface area contributed by atoms with Crippen molar-refractivity contribution in [3.63, 3.8) is 0 Å². The summed E-state index contributed by atoms with van der Waals surface area (Å²) in [7, 11) is 0. The van der Waals surface area contributed by atoms with E-state index in [1.807, 2.05) is 0 Å². The highest BCUT2D eigenvalue weighted by atomic mass is 16.6. The SMILES string of the molecule is CCCCCCCCCCCCC(=O)O[C@H](COC(=O)CCCCCCCCCCCCC(C)CC)COC(=O)CCCCCCCCCC(C)C. The van der Waals surface area contributed by atoms with Crippen molar-refractivity contribution in [3.8, 4) is 0 Å². The molecule has 0 amide bonds. The summed E-state index contributed by atoms with van der Waals surface area (Å²) in [5.74, 6) is 0.790. The molecule has 0 aliphatic carbocycles. The normalized spacial score (nSPS) is 12.6. The lowest BCUT2D eigenvalue weighted by molar-refractivity contribution is -0.167. The second kappa shape index (κ2) is 39.1. The van der Waals surface area contributed by atoms with E-state index in [0.717, 1.165) is 69.6 Å². The first-order chi connectivity index (χ1) is 25.3. The lowest BCUT2D eigenvalue weighted by Crippen LogP contribution is -2.30. The Hall–Kier alpha value is -1.59. The summed E-state index contributed by atoms with van der Waals surface area (Å²) in [6.45, 7) is 11.3. The van der Waals surface area contributed by atoms with E-state index < -0.39 is 6.10 Å². The summed E-state index contributed by atoms with van der Waals surface area (Å²) in [6.07, 6.45) is 36.6. The third-order valence-corrected chi connectivity index (χ3v) is 10.6. The molecule has 0 N–H and O–H groups in total. The smallest absolute Gasteiger partial charge is 0.306 e. The molecule has 308 valence electrons. The Labute approximate surface area is 323 Å². The number of carbonyl (C=O) groups is 3. The Balaban J connectivity index is 4.32. The first-order valence-electron chi connectivity index (χ1n) is 22.8. The third-order valence-electron chi connectivity index (χ3n) is 10.6. The van der Waals surface area contributed by atoms with Crippen LogP contribution in [0.15, 0.2) is 0 Å². The van der Waals surface area contributed by atoms with Crippen molar-refractivity contribution in [2.45, 2.75) is 253 Å². The van der Waals surface area contributed by atoms with Crippen LogP contribution in [0.2, 0.25) is 0 Å². The van der Waals surface area contributed by atoms with Crippen LogP contribution in [0.5, 0.6) is 0 Å². The van der Waals surface area contributed by atoms with E-state index in [2.05, 4.69) is 34.6 Å². The van der Waals surface area contributed by atoms with Crippen molar-refractivity contribution < 1.29 is 28.6 Å². The van der Waals surface area contributed by atoms with Gasteiger partial charge in [0.25, 0.3) is 0 Å². The van der Waals surface area contributed by atoms with Gasteiger partial charge in [0.2, 0.25) is 0 Å². The lowest BCUT2D eigenvalue weighted by atomic mass is 9.99. The fourth-order valence-corrected chi connectivity index (χ4v) is 6.72. The Bertz CT molecular complexity index is 796. The van der Waals surface area contributed by atoms with Crippen LogP contribution >= 0.6 is 0 Å². The van der Waals surface area contributed by atoms with Crippen LogP contribution in [0, 0.1) is 11.8 Å². The molecule has 0 rings (SSSR count). The summed E-state index contributed by atoms with van der Waals surface area (Å²) < 4.78 is 16.7. The quantitative estimate of drug-likeness (QED) is 0.0354. The minimum Gasteiger partial charge on any atom is -0.462 e. The van der Waals surface area contributed by atoms with E-state index in [9.17, 15) is 14.4 Å². The standard InChI is InChI=1S/C46H88O6/c1-6-8-9-10-11-12-16-22-28-33-38-46(49)52-43(40-51-45(48)37-32-27-23-18-19-24-29-34-41(3)4)39-50-44(47)36-31-26-21-17-14-13-15-20-25-30-35-42(5)7-2/h41-43H,6-40H2,1-5H3/t42?,43-/m1/s1. The van der Waals surface area contributed by atoms with Crippen LogP contribution in [-0.2, 0) is 28.6 Å². The van der Waals surface area contributed by atoms with Crippen molar-refractivity contribution in [1.82, 2.24) is 0 Å². The molecule has 6 heteroatoms. The van der Waals surface area contributed by atoms with Gasteiger partial charge in [-0.15, -0.1) is 0 Å². The minimum atomic E-state index is -0.760. The summed E-state index contributed by atoms with van der Waals surface area (Å²) >= 11 is 0. The van der Waals surface area contributed by atoms with Gasteiger partial charge in [-0.2, -0.15) is 0 Å². The lowest BCUT2D eigenvalue weighted by Gasteiger charge is -2.18. The number of rotatable bonds is 40. The Morgan fingerprint density at radius 2 is 0.731 bits per heavy atom. The molecule has 0 heterocycles. The first kappa shape index (κ1) is 50.4. The van der Waals surface area contributed by atoms with Crippen LogP contribution in [-0.4, -0.2) is 37.2 Å². The van der Waals surface area contributed by atoms with Gasteiger partial charge in [-0.25, -0.2) is 0 Å². The van der Waals surface area contributed by atoms with Crippen LogP contribution in [0.25, 0.3) is 0 Å². The summed E-state index contributed by atoms with van der Waals surface area (Å²) in [5, 5.41) is 0. The maximum atomic E-state index is 12.7. The molecular weight excluding hydrogens is 649 g/mol. The molecular formula is C46H88O6. The first-order valence-corrected chi connectivity index (χ1v) is 22.8. The number of hydrogen-bond acceptors (Lipinski definition) is 6. The number of ether oxygens (including phenoxy) is 3. The molecule has 0 fully saturated rings. The highest BCUT2D eigenvalue weighted by molar-refractivity contribution is 5.71. The van der Waals surface area contributed by atoms with E-state index >= 15 is 0 Å². The van der Waals surface area contributed by atoms with Gasteiger partial charge in [-0.1, -0.05) is 208 Å². The van der Waals surface area contributed by atoms with Gasteiger partial charge in [0.1, 0.15) is 13.2 Å². The number of esters is 3. The Kier molecular flexibility index (Phi) is 37.9. The fourth-order valence-electron chi connectivity index (χ4n) is 6.72. The molecule has 0 aromatic rings. The van der Waals surface area contributed by atoms with Gasteiger partial charge in [0.15, 0.2) is 6.10 Å². The zero-order chi connectivity index (χ0) is 38.3.